The number of nitrogens with one attached hydrogen (secondary N) is 1. The van der Waals surface area contributed by atoms with E-state index in [-0.39, 0.29) is 17.7 Å². The van der Waals surface area contributed by atoms with Gasteiger partial charge in [-0.05, 0) is 55.2 Å². The minimum atomic E-state index is -4.45. The molecule has 1 atom stereocenters. The lowest BCUT2D eigenvalue weighted by Crippen LogP contribution is -2.25. The highest BCUT2D eigenvalue weighted by atomic mass is 19.4. The number of hydrogen-bond acceptors (Lipinski definition) is 4. The number of amides is 1. The quantitative estimate of drug-likeness (QED) is 0.699. The molecule has 1 amide bonds. The third-order valence-electron chi connectivity index (χ3n) is 5.23. The van der Waals surface area contributed by atoms with E-state index in [1.54, 1.807) is 0 Å². The minimum Gasteiger partial charge on any atom is -0.493 e. The molecule has 0 radical (unpaired) electrons. The molecule has 1 N–H and O–H groups in total. The van der Waals surface area contributed by atoms with Crippen molar-refractivity contribution in [1.29, 1.82) is 0 Å². The Hall–Kier alpha value is -3.16. The van der Waals surface area contributed by atoms with E-state index >= 15 is 0 Å². The fraction of sp³-hybridized carbons (Fsp3) is 0.348. The predicted molar refractivity (Wildman–Crippen MR) is 108 cm³/mol. The smallest absolute Gasteiger partial charge is 0.416 e. The minimum absolute atomic E-state index is 0.145. The molecule has 0 fully saturated rings. The first-order valence-electron chi connectivity index (χ1n) is 10.1. The number of fused-ring (bicyclic) bond motifs is 2. The molecule has 2 aromatic rings. The van der Waals surface area contributed by atoms with Crippen molar-refractivity contribution < 1.29 is 32.2 Å². The van der Waals surface area contributed by atoms with E-state index in [1.165, 1.54) is 12.1 Å². The van der Waals surface area contributed by atoms with E-state index in [1.807, 2.05) is 25.1 Å². The second-order valence-electron chi connectivity index (χ2n) is 7.46. The molecular formula is C23H22F3NO4. The molecule has 164 valence electrons. The van der Waals surface area contributed by atoms with Gasteiger partial charge in [0.2, 0.25) is 5.91 Å². The molecule has 5 nitrogen and oxygen atoms in total. The summed E-state index contributed by atoms with van der Waals surface area (Å²) in [5, 5.41) is 2.90. The van der Waals surface area contributed by atoms with Gasteiger partial charge in [0.25, 0.3) is 0 Å². The topological polar surface area (TPSA) is 56.8 Å². The lowest BCUT2D eigenvalue weighted by atomic mass is 9.98. The largest absolute Gasteiger partial charge is 0.493 e. The van der Waals surface area contributed by atoms with Gasteiger partial charge >= 0.3 is 6.18 Å². The van der Waals surface area contributed by atoms with E-state index in [0.29, 0.717) is 55.3 Å². The Kier molecular flexibility index (Phi) is 5.80. The summed E-state index contributed by atoms with van der Waals surface area (Å²) in [7, 11) is 0. The van der Waals surface area contributed by atoms with Crippen LogP contribution in [-0.4, -0.2) is 25.7 Å². The fourth-order valence-electron chi connectivity index (χ4n) is 3.64. The van der Waals surface area contributed by atoms with Gasteiger partial charge in [0.1, 0.15) is 19.0 Å². The summed E-state index contributed by atoms with van der Waals surface area (Å²) in [6.07, 6.45) is -1.88. The molecule has 2 aliphatic heterocycles. The van der Waals surface area contributed by atoms with Crippen LogP contribution in [-0.2, 0) is 11.0 Å². The van der Waals surface area contributed by atoms with Gasteiger partial charge < -0.3 is 19.5 Å². The first kappa shape index (κ1) is 21.1. The van der Waals surface area contributed by atoms with Gasteiger partial charge in [-0.2, -0.15) is 13.2 Å². The van der Waals surface area contributed by atoms with Crippen LogP contribution in [0.2, 0.25) is 0 Å². The third-order valence-corrected chi connectivity index (χ3v) is 5.23. The average Bonchev–Trinajstić information content (AvgIpc) is 2.94. The van der Waals surface area contributed by atoms with Gasteiger partial charge in [-0.1, -0.05) is 12.1 Å². The van der Waals surface area contributed by atoms with E-state index in [4.69, 9.17) is 14.2 Å². The Balaban J connectivity index is 1.52. The summed E-state index contributed by atoms with van der Waals surface area (Å²) < 4.78 is 55.7. The number of allylic oxidation sites excluding steroid dienone is 1. The zero-order valence-electron chi connectivity index (χ0n) is 16.9. The molecule has 31 heavy (non-hydrogen) atoms. The maximum Gasteiger partial charge on any atom is 0.416 e. The summed E-state index contributed by atoms with van der Waals surface area (Å²) in [6, 6.07) is 8.57. The summed E-state index contributed by atoms with van der Waals surface area (Å²) in [4.78, 5) is 12.7. The van der Waals surface area contributed by atoms with Crippen molar-refractivity contribution in [2.75, 3.05) is 19.8 Å². The summed E-state index contributed by atoms with van der Waals surface area (Å²) in [5.41, 5.74) is 1.24. The molecule has 0 aliphatic carbocycles. The van der Waals surface area contributed by atoms with Crippen molar-refractivity contribution >= 4 is 11.5 Å². The summed E-state index contributed by atoms with van der Waals surface area (Å²) >= 11 is 0. The number of carbonyl (C=O) groups is 1. The van der Waals surface area contributed by atoms with E-state index in [9.17, 15) is 18.0 Å². The zero-order chi connectivity index (χ0) is 22.0. The third kappa shape index (κ3) is 4.78. The number of ether oxygens (including phenoxy) is 3. The molecule has 0 spiro atoms. The number of benzene rings is 2. The molecule has 2 heterocycles. The Bertz CT molecular complexity index is 1020. The van der Waals surface area contributed by atoms with Gasteiger partial charge in [-0.25, -0.2) is 0 Å². The van der Waals surface area contributed by atoms with Crippen LogP contribution >= 0.6 is 0 Å². The van der Waals surface area contributed by atoms with E-state index in [0.717, 1.165) is 17.7 Å². The van der Waals surface area contributed by atoms with Crippen LogP contribution in [0.4, 0.5) is 13.2 Å². The molecule has 8 heteroatoms. The Morgan fingerprint density at radius 2 is 1.74 bits per heavy atom. The number of alkyl halides is 3. The van der Waals surface area contributed by atoms with Crippen LogP contribution in [0.25, 0.3) is 5.57 Å². The molecule has 0 saturated heterocycles. The predicted octanol–water partition coefficient (Wildman–Crippen LogP) is 4.91. The molecule has 0 aromatic heterocycles. The maximum atomic E-state index is 13.0. The first-order chi connectivity index (χ1) is 14.8. The van der Waals surface area contributed by atoms with Gasteiger partial charge in [0.05, 0.1) is 18.2 Å². The normalized spacial score (nSPS) is 17.9. The van der Waals surface area contributed by atoms with Crippen molar-refractivity contribution in [3.63, 3.8) is 0 Å². The standard InChI is InChI=1S/C23H22F3NO4/c1-14(15-4-7-19-21(11-15)31-10-9-30-19)27-22(28)12-16-3-2-8-29-20-13-17(23(24,25)26)5-6-18(16)20/h4-7,11-14H,2-3,8-10H2,1H3,(H,27,28). The molecule has 0 saturated carbocycles. The van der Waals surface area contributed by atoms with Crippen LogP contribution in [0.1, 0.15) is 42.5 Å². The van der Waals surface area contributed by atoms with Crippen molar-refractivity contribution in [3.05, 3.63) is 59.2 Å². The van der Waals surface area contributed by atoms with Crippen LogP contribution in [0, 0.1) is 0 Å². The number of rotatable bonds is 3. The summed E-state index contributed by atoms with van der Waals surface area (Å²) in [6.45, 7) is 3.12. The van der Waals surface area contributed by atoms with Crippen molar-refractivity contribution in [2.24, 2.45) is 0 Å². The first-order valence-corrected chi connectivity index (χ1v) is 10.1. The second kappa shape index (κ2) is 8.53. The average molecular weight is 433 g/mol. The molecule has 4 rings (SSSR count). The highest BCUT2D eigenvalue weighted by molar-refractivity contribution is 5.96. The molecule has 2 aromatic carbocycles. The Labute approximate surface area is 177 Å². The molecule has 0 bridgehead atoms. The molecular weight excluding hydrogens is 411 g/mol. The molecule has 1 unspecified atom stereocenters. The van der Waals surface area contributed by atoms with Crippen LogP contribution in [0.15, 0.2) is 42.5 Å². The van der Waals surface area contributed by atoms with Gasteiger partial charge in [0.15, 0.2) is 11.5 Å². The summed E-state index contributed by atoms with van der Waals surface area (Å²) in [5.74, 6) is 1.12. The van der Waals surface area contributed by atoms with Gasteiger partial charge in [-0.15, -0.1) is 0 Å². The van der Waals surface area contributed by atoms with Crippen molar-refractivity contribution in [3.8, 4) is 17.2 Å². The zero-order valence-corrected chi connectivity index (χ0v) is 16.9. The van der Waals surface area contributed by atoms with Crippen LogP contribution in [0.5, 0.6) is 17.2 Å². The SMILES string of the molecule is CC(NC(=O)C=C1CCCOc2cc(C(F)(F)F)ccc21)c1ccc2c(c1)OCCO2. The highest BCUT2D eigenvalue weighted by Crippen LogP contribution is 2.38. The van der Waals surface area contributed by atoms with Crippen molar-refractivity contribution in [1.82, 2.24) is 5.32 Å². The van der Waals surface area contributed by atoms with E-state index < -0.39 is 11.7 Å². The Morgan fingerprint density at radius 3 is 2.52 bits per heavy atom. The lowest BCUT2D eigenvalue weighted by Gasteiger charge is -2.21. The monoisotopic (exact) mass is 433 g/mol. The molecule has 2 aliphatic rings. The second-order valence-corrected chi connectivity index (χ2v) is 7.46. The van der Waals surface area contributed by atoms with Crippen LogP contribution in [0.3, 0.4) is 0 Å². The van der Waals surface area contributed by atoms with E-state index in [2.05, 4.69) is 5.32 Å². The van der Waals surface area contributed by atoms with Crippen molar-refractivity contribution in [2.45, 2.75) is 32.0 Å². The number of carbonyl (C=O) groups excluding carboxylic acids is 1. The highest BCUT2D eigenvalue weighted by Gasteiger charge is 2.32. The van der Waals surface area contributed by atoms with Gasteiger partial charge in [-0.3, -0.25) is 4.79 Å². The Morgan fingerprint density at radius 1 is 1.00 bits per heavy atom. The van der Waals surface area contributed by atoms with Crippen LogP contribution < -0.4 is 19.5 Å². The fourth-order valence-corrected chi connectivity index (χ4v) is 3.64. The lowest BCUT2D eigenvalue weighted by molar-refractivity contribution is -0.137. The maximum absolute atomic E-state index is 13.0. The number of halogens is 3. The number of hydrogen-bond donors (Lipinski definition) is 1. The van der Waals surface area contributed by atoms with Gasteiger partial charge in [0, 0.05) is 11.6 Å².